The first-order chi connectivity index (χ1) is 10.1. The lowest BCUT2D eigenvalue weighted by atomic mass is 10.2. The van der Waals surface area contributed by atoms with E-state index in [1.54, 1.807) is 0 Å². The van der Waals surface area contributed by atoms with Crippen molar-refractivity contribution in [3.8, 4) is 0 Å². The van der Waals surface area contributed by atoms with Gasteiger partial charge in [0.2, 0.25) is 11.8 Å². The van der Waals surface area contributed by atoms with E-state index in [9.17, 15) is 9.59 Å². The molecule has 1 aliphatic carbocycles. The minimum Gasteiger partial charge on any atom is -0.339 e. The molecule has 1 atom stereocenters. The molecule has 7 heteroatoms. The van der Waals surface area contributed by atoms with Gasteiger partial charge in [-0.3, -0.25) is 14.5 Å². The Labute approximate surface area is 138 Å². The molecule has 0 aromatic heterocycles. The maximum Gasteiger partial charge on any atom is 0.236 e. The Hall–Kier alpha value is -0.850. The van der Waals surface area contributed by atoms with Gasteiger partial charge in [-0.15, -0.1) is 12.4 Å². The second-order valence-electron chi connectivity index (χ2n) is 6.50. The fourth-order valence-electron chi connectivity index (χ4n) is 3.16. The van der Waals surface area contributed by atoms with Gasteiger partial charge in [-0.2, -0.15) is 0 Å². The smallest absolute Gasteiger partial charge is 0.236 e. The maximum atomic E-state index is 12.4. The summed E-state index contributed by atoms with van der Waals surface area (Å²) in [7, 11) is 0. The highest BCUT2D eigenvalue weighted by molar-refractivity contribution is 5.85. The van der Waals surface area contributed by atoms with E-state index < -0.39 is 0 Å². The molecule has 0 unspecified atom stereocenters. The molecule has 22 heavy (non-hydrogen) atoms. The van der Waals surface area contributed by atoms with Gasteiger partial charge in [0, 0.05) is 57.8 Å². The summed E-state index contributed by atoms with van der Waals surface area (Å²) in [6.07, 6.45) is 2.11. The highest BCUT2D eigenvalue weighted by atomic mass is 35.5. The SMILES string of the molecule is C[C@@H]1CNCCN1CC(=O)N1CCN(C(=O)C2CC2)CC1.Cl. The summed E-state index contributed by atoms with van der Waals surface area (Å²) < 4.78 is 0. The Kier molecular flexibility index (Phi) is 6.06. The van der Waals surface area contributed by atoms with Crippen molar-refractivity contribution in [2.45, 2.75) is 25.8 Å². The molecule has 2 heterocycles. The van der Waals surface area contributed by atoms with E-state index >= 15 is 0 Å². The zero-order valence-electron chi connectivity index (χ0n) is 13.3. The van der Waals surface area contributed by atoms with E-state index in [0.717, 1.165) is 32.5 Å². The number of nitrogens with one attached hydrogen (secondary N) is 1. The fraction of sp³-hybridized carbons (Fsp3) is 0.867. The van der Waals surface area contributed by atoms with Crippen molar-refractivity contribution >= 4 is 24.2 Å². The number of nitrogens with zero attached hydrogens (tertiary/aromatic N) is 3. The second-order valence-corrected chi connectivity index (χ2v) is 6.50. The molecule has 0 aromatic carbocycles. The lowest BCUT2D eigenvalue weighted by molar-refractivity contribution is -0.141. The van der Waals surface area contributed by atoms with Crippen LogP contribution < -0.4 is 5.32 Å². The van der Waals surface area contributed by atoms with Crippen molar-refractivity contribution in [2.75, 3.05) is 52.4 Å². The number of carbonyl (C=O) groups is 2. The number of hydrogen-bond donors (Lipinski definition) is 1. The largest absolute Gasteiger partial charge is 0.339 e. The third kappa shape index (κ3) is 4.12. The van der Waals surface area contributed by atoms with Gasteiger partial charge in [0.15, 0.2) is 0 Å². The van der Waals surface area contributed by atoms with Crippen molar-refractivity contribution in [2.24, 2.45) is 5.92 Å². The molecule has 0 spiro atoms. The fourth-order valence-corrected chi connectivity index (χ4v) is 3.16. The molecule has 6 nitrogen and oxygen atoms in total. The molecule has 2 aliphatic heterocycles. The summed E-state index contributed by atoms with van der Waals surface area (Å²) in [5.74, 6) is 0.800. The highest BCUT2D eigenvalue weighted by Crippen LogP contribution is 2.31. The molecular formula is C15H27ClN4O2. The minimum absolute atomic E-state index is 0. The topological polar surface area (TPSA) is 55.9 Å². The van der Waals surface area contributed by atoms with Crippen molar-refractivity contribution in [1.29, 1.82) is 0 Å². The number of rotatable bonds is 3. The van der Waals surface area contributed by atoms with Crippen LogP contribution in [0.5, 0.6) is 0 Å². The van der Waals surface area contributed by atoms with Crippen LogP contribution in [0.4, 0.5) is 0 Å². The van der Waals surface area contributed by atoms with Gasteiger partial charge >= 0.3 is 0 Å². The van der Waals surface area contributed by atoms with E-state index in [2.05, 4.69) is 17.1 Å². The number of carbonyl (C=O) groups excluding carboxylic acids is 2. The second kappa shape index (κ2) is 7.62. The van der Waals surface area contributed by atoms with E-state index in [0.29, 0.717) is 44.7 Å². The van der Waals surface area contributed by atoms with Gasteiger partial charge in [0.1, 0.15) is 0 Å². The molecule has 3 fully saturated rings. The van der Waals surface area contributed by atoms with E-state index in [1.165, 1.54) is 0 Å². The number of hydrogen-bond acceptors (Lipinski definition) is 4. The van der Waals surface area contributed by atoms with Crippen LogP contribution in [0.25, 0.3) is 0 Å². The third-order valence-corrected chi connectivity index (χ3v) is 4.85. The van der Waals surface area contributed by atoms with Crippen molar-refractivity contribution in [1.82, 2.24) is 20.0 Å². The quantitative estimate of drug-likeness (QED) is 0.777. The standard InChI is InChI=1S/C15H26N4O2.ClH/c1-12-10-16-4-5-19(12)11-14(20)17-6-8-18(9-7-17)15(21)13-2-3-13;/h12-13,16H,2-11H2,1H3;1H/t12-;/m1./s1. The molecule has 126 valence electrons. The molecule has 2 saturated heterocycles. The van der Waals surface area contributed by atoms with Gasteiger partial charge in [0.05, 0.1) is 6.54 Å². The van der Waals surface area contributed by atoms with Crippen molar-refractivity contribution in [3.63, 3.8) is 0 Å². The number of amides is 2. The van der Waals surface area contributed by atoms with Crippen LogP contribution >= 0.6 is 12.4 Å². The van der Waals surface area contributed by atoms with Crippen LogP contribution in [0, 0.1) is 5.92 Å². The molecular weight excluding hydrogens is 304 g/mol. The van der Waals surface area contributed by atoms with Crippen LogP contribution in [0.2, 0.25) is 0 Å². The summed E-state index contributed by atoms with van der Waals surface area (Å²) in [4.78, 5) is 30.5. The van der Waals surface area contributed by atoms with Crippen LogP contribution in [0.3, 0.4) is 0 Å². The maximum absolute atomic E-state index is 12.4. The summed E-state index contributed by atoms with van der Waals surface area (Å²) in [6.45, 7) is 8.32. The summed E-state index contributed by atoms with van der Waals surface area (Å²) >= 11 is 0. The van der Waals surface area contributed by atoms with Gasteiger partial charge in [-0.1, -0.05) is 0 Å². The summed E-state index contributed by atoms with van der Waals surface area (Å²) in [6, 6.07) is 0.417. The monoisotopic (exact) mass is 330 g/mol. The molecule has 3 rings (SSSR count). The first-order valence-corrected chi connectivity index (χ1v) is 8.16. The lowest BCUT2D eigenvalue weighted by Crippen LogP contribution is -2.56. The first kappa shape index (κ1) is 17.5. The number of piperazine rings is 2. The van der Waals surface area contributed by atoms with Crippen LogP contribution in [0.1, 0.15) is 19.8 Å². The van der Waals surface area contributed by atoms with Crippen LogP contribution in [-0.2, 0) is 9.59 Å². The van der Waals surface area contributed by atoms with Crippen molar-refractivity contribution < 1.29 is 9.59 Å². The first-order valence-electron chi connectivity index (χ1n) is 8.16. The van der Waals surface area contributed by atoms with Gasteiger partial charge in [-0.25, -0.2) is 0 Å². The predicted octanol–water partition coefficient (Wildman–Crippen LogP) is -0.217. The molecule has 1 saturated carbocycles. The normalized spacial score (nSPS) is 26.5. The average Bonchev–Trinajstić information content (AvgIpc) is 3.34. The van der Waals surface area contributed by atoms with Gasteiger partial charge in [0.25, 0.3) is 0 Å². The van der Waals surface area contributed by atoms with E-state index in [1.807, 2.05) is 9.80 Å². The Balaban J connectivity index is 0.00000176. The lowest BCUT2D eigenvalue weighted by Gasteiger charge is -2.38. The third-order valence-electron chi connectivity index (χ3n) is 4.85. The summed E-state index contributed by atoms with van der Waals surface area (Å²) in [5, 5.41) is 3.34. The molecule has 0 radical (unpaired) electrons. The average molecular weight is 331 g/mol. The zero-order valence-corrected chi connectivity index (χ0v) is 14.1. The Bertz CT molecular complexity index is 408. The molecule has 0 aromatic rings. The van der Waals surface area contributed by atoms with E-state index in [4.69, 9.17) is 0 Å². The highest BCUT2D eigenvalue weighted by Gasteiger charge is 2.35. The molecule has 0 bridgehead atoms. The van der Waals surface area contributed by atoms with E-state index in [-0.39, 0.29) is 24.2 Å². The predicted molar refractivity (Wildman–Crippen MR) is 87.0 cm³/mol. The molecule has 1 N–H and O–H groups in total. The Morgan fingerprint density at radius 2 is 1.68 bits per heavy atom. The van der Waals surface area contributed by atoms with Gasteiger partial charge in [-0.05, 0) is 19.8 Å². The molecule has 2 amide bonds. The van der Waals surface area contributed by atoms with Crippen LogP contribution in [-0.4, -0.2) is 84.9 Å². The molecule has 3 aliphatic rings. The van der Waals surface area contributed by atoms with Gasteiger partial charge < -0.3 is 15.1 Å². The summed E-state index contributed by atoms with van der Waals surface area (Å²) in [5.41, 5.74) is 0. The zero-order chi connectivity index (χ0) is 14.8. The number of halogens is 1. The Morgan fingerprint density at radius 3 is 2.27 bits per heavy atom. The Morgan fingerprint density at radius 1 is 1.05 bits per heavy atom. The minimum atomic E-state index is 0. The van der Waals surface area contributed by atoms with Crippen LogP contribution in [0.15, 0.2) is 0 Å². The van der Waals surface area contributed by atoms with Crippen molar-refractivity contribution in [3.05, 3.63) is 0 Å².